The van der Waals surface area contributed by atoms with Gasteiger partial charge in [-0.1, -0.05) is 29.8 Å². The zero-order valence-electron chi connectivity index (χ0n) is 12.4. The molecule has 1 N–H and O–H groups in total. The fourth-order valence-electron chi connectivity index (χ4n) is 2.51. The monoisotopic (exact) mass is 311 g/mol. The van der Waals surface area contributed by atoms with Crippen molar-refractivity contribution >= 4 is 11.6 Å². The van der Waals surface area contributed by atoms with Crippen molar-refractivity contribution in [3.63, 3.8) is 0 Å². The molecule has 3 aromatic rings. The van der Waals surface area contributed by atoms with Crippen LogP contribution in [0, 0.1) is 0 Å². The molecule has 3 nitrogen and oxygen atoms in total. The molecule has 0 aliphatic heterocycles. The van der Waals surface area contributed by atoms with Crippen molar-refractivity contribution in [1.82, 2.24) is 14.9 Å². The summed E-state index contributed by atoms with van der Waals surface area (Å²) < 4.78 is 2.11. The third-order valence-electron chi connectivity index (χ3n) is 3.70. The van der Waals surface area contributed by atoms with Crippen LogP contribution in [0.1, 0.15) is 23.0 Å². The number of hydrogen-bond acceptors (Lipinski definition) is 2. The number of aryl methyl sites for hydroxylation is 1. The molecule has 0 aliphatic carbocycles. The topological polar surface area (TPSA) is 29.9 Å². The van der Waals surface area contributed by atoms with E-state index >= 15 is 0 Å². The van der Waals surface area contributed by atoms with E-state index in [9.17, 15) is 0 Å². The minimum absolute atomic E-state index is 0.00907. The zero-order valence-corrected chi connectivity index (χ0v) is 13.2. The van der Waals surface area contributed by atoms with Gasteiger partial charge in [-0.05, 0) is 42.0 Å². The van der Waals surface area contributed by atoms with E-state index in [4.69, 9.17) is 11.6 Å². The maximum atomic E-state index is 6.15. The normalized spacial score (nSPS) is 12.3. The molecule has 0 spiro atoms. The minimum atomic E-state index is 0.00907. The van der Waals surface area contributed by atoms with Crippen molar-refractivity contribution in [1.29, 1.82) is 0 Å². The average Bonchev–Trinajstić information content (AvgIpc) is 2.94. The van der Waals surface area contributed by atoms with Crippen LogP contribution >= 0.6 is 11.6 Å². The summed E-state index contributed by atoms with van der Waals surface area (Å²) in [6.07, 6.45) is 3.86. The molecule has 1 aromatic carbocycles. The van der Waals surface area contributed by atoms with Crippen molar-refractivity contribution in [2.75, 3.05) is 0 Å². The Labute approximate surface area is 135 Å². The molecule has 0 bridgehead atoms. The van der Waals surface area contributed by atoms with E-state index in [-0.39, 0.29) is 6.04 Å². The summed E-state index contributed by atoms with van der Waals surface area (Å²) >= 11 is 6.15. The molecule has 2 aromatic heterocycles. The second-order valence-corrected chi connectivity index (χ2v) is 5.67. The van der Waals surface area contributed by atoms with Gasteiger partial charge in [0.25, 0.3) is 0 Å². The molecule has 0 amide bonds. The lowest BCUT2D eigenvalue weighted by Crippen LogP contribution is -2.23. The predicted molar refractivity (Wildman–Crippen MR) is 89.8 cm³/mol. The molecule has 4 heteroatoms. The molecule has 0 aliphatic rings. The maximum absolute atomic E-state index is 6.15. The van der Waals surface area contributed by atoms with Gasteiger partial charge in [-0.15, -0.1) is 0 Å². The number of halogens is 1. The van der Waals surface area contributed by atoms with Crippen LogP contribution in [0.2, 0.25) is 5.02 Å². The van der Waals surface area contributed by atoms with Crippen LogP contribution < -0.4 is 5.32 Å². The van der Waals surface area contributed by atoms with E-state index in [0.29, 0.717) is 0 Å². The van der Waals surface area contributed by atoms with Gasteiger partial charge in [-0.3, -0.25) is 10.3 Å². The molecule has 0 fully saturated rings. The summed E-state index contributed by atoms with van der Waals surface area (Å²) in [6.45, 7) is 0.761. The third kappa shape index (κ3) is 3.38. The average molecular weight is 312 g/mol. The summed E-state index contributed by atoms with van der Waals surface area (Å²) in [4.78, 5) is 4.50. The van der Waals surface area contributed by atoms with Gasteiger partial charge >= 0.3 is 0 Å². The Kier molecular flexibility index (Phi) is 4.56. The number of benzene rings is 1. The lowest BCUT2D eigenvalue weighted by atomic mass is 10.0. The number of nitrogens with one attached hydrogen (secondary N) is 1. The van der Waals surface area contributed by atoms with Crippen LogP contribution in [0.3, 0.4) is 0 Å². The van der Waals surface area contributed by atoms with Gasteiger partial charge in [0.2, 0.25) is 0 Å². The van der Waals surface area contributed by atoms with Crippen molar-refractivity contribution in [3.05, 3.63) is 89.0 Å². The van der Waals surface area contributed by atoms with E-state index < -0.39 is 0 Å². The Bertz CT molecular complexity index is 737. The zero-order chi connectivity index (χ0) is 15.4. The largest absolute Gasteiger partial charge is 0.353 e. The molecular formula is C18H18ClN3. The highest BCUT2D eigenvalue weighted by atomic mass is 35.5. The highest BCUT2D eigenvalue weighted by molar-refractivity contribution is 6.30. The first-order valence-corrected chi connectivity index (χ1v) is 7.62. The molecule has 0 unspecified atom stereocenters. The highest BCUT2D eigenvalue weighted by Crippen LogP contribution is 2.23. The lowest BCUT2D eigenvalue weighted by Gasteiger charge is -2.19. The van der Waals surface area contributed by atoms with E-state index in [1.807, 2.05) is 61.9 Å². The van der Waals surface area contributed by atoms with Crippen LogP contribution in [0.25, 0.3) is 0 Å². The quantitative estimate of drug-likeness (QED) is 0.773. The minimum Gasteiger partial charge on any atom is -0.353 e. The smallest absolute Gasteiger partial charge is 0.0755 e. The van der Waals surface area contributed by atoms with E-state index in [2.05, 4.69) is 27.0 Å². The van der Waals surface area contributed by atoms with Crippen LogP contribution in [-0.4, -0.2) is 9.55 Å². The second kappa shape index (κ2) is 6.77. The number of hydrogen-bond donors (Lipinski definition) is 1. The van der Waals surface area contributed by atoms with E-state index in [1.165, 1.54) is 5.69 Å². The van der Waals surface area contributed by atoms with Crippen LogP contribution in [0.15, 0.2) is 67.0 Å². The third-order valence-corrected chi connectivity index (χ3v) is 3.94. The Morgan fingerprint density at radius 2 is 2.05 bits per heavy atom. The van der Waals surface area contributed by atoms with Crippen molar-refractivity contribution in [2.24, 2.45) is 7.05 Å². The van der Waals surface area contributed by atoms with Gasteiger partial charge < -0.3 is 4.57 Å². The van der Waals surface area contributed by atoms with Gasteiger partial charge in [0.15, 0.2) is 0 Å². The summed E-state index contributed by atoms with van der Waals surface area (Å²) in [7, 11) is 2.05. The molecule has 1 atom stereocenters. The number of aromatic nitrogens is 2. The first-order chi connectivity index (χ1) is 10.7. The van der Waals surface area contributed by atoms with Crippen LogP contribution in [0.5, 0.6) is 0 Å². The number of pyridine rings is 1. The molecule has 112 valence electrons. The van der Waals surface area contributed by atoms with Crippen LogP contribution in [-0.2, 0) is 13.6 Å². The Balaban J connectivity index is 1.88. The fourth-order valence-corrected chi connectivity index (χ4v) is 2.71. The van der Waals surface area contributed by atoms with Gasteiger partial charge in [0.05, 0.1) is 11.7 Å². The van der Waals surface area contributed by atoms with Gasteiger partial charge in [0, 0.05) is 36.7 Å². The molecular weight excluding hydrogens is 294 g/mol. The van der Waals surface area contributed by atoms with Crippen molar-refractivity contribution < 1.29 is 0 Å². The molecule has 0 saturated carbocycles. The number of nitrogens with zero attached hydrogens (tertiary/aromatic N) is 2. The van der Waals surface area contributed by atoms with Gasteiger partial charge in [-0.25, -0.2) is 0 Å². The van der Waals surface area contributed by atoms with Crippen molar-refractivity contribution in [2.45, 2.75) is 12.6 Å². The SMILES string of the molecule is Cn1cccc1CN[C@H](c1cccc(Cl)c1)c1ccccn1. The predicted octanol–water partition coefficient (Wildman–Crippen LogP) is 3.95. The fraction of sp³-hybridized carbons (Fsp3) is 0.167. The molecule has 0 saturated heterocycles. The maximum Gasteiger partial charge on any atom is 0.0755 e. The highest BCUT2D eigenvalue weighted by Gasteiger charge is 2.15. The lowest BCUT2D eigenvalue weighted by molar-refractivity contribution is 0.573. The Morgan fingerprint density at radius 3 is 2.73 bits per heavy atom. The van der Waals surface area contributed by atoms with Crippen molar-refractivity contribution in [3.8, 4) is 0 Å². The van der Waals surface area contributed by atoms with Crippen LogP contribution in [0.4, 0.5) is 0 Å². The van der Waals surface area contributed by atoms with Gasteiger partial charge in [0.1, 0.15) is 0 Å². The summed E-state index contributed by atoms with van der Waals surface area (Å²) in [6, 6.07) is 18.0. The molecule has 2 heterocycles. The second-order valence-electron chi connectivity index (χ2n) is 5.23. The summed E-state index contributed by atoms with van der Waals surface area (Å²) in [5, 5.41) is 4.32. The molecule has 0 radical (unpaired) electrons. The Morgan fingerprint density at radius 1 is 1.14 bits per heavy atom. The van der Waals surface area contributed by atoms with Gasteiger partial charge in [-0.2, -0.15) is 0 Å². The van der Waals surface area contributed by atoms with E-state index in [1.54, 1.807) is 0 Å². The first-order valence-electron chi connectivity index (χ1n) is 7.24. The first kappa shape index (κ1) is 14.8. The summed E-state index contributed by atoms with van der Waals surface area (Å²) in [5.41, 5.74) is 3.32. The summed E-state index contributed by atoms with van der Waals surface area (Å²) in [5.74, 6) is 0. The Hall–Kier alpha value is -2.10. The number of rotatable bonds is 5. The standard InChI is InChI=1S/C18H18ClN3/c1-22-11-5-8-16(22)13-21-18(17-9-2-3-10-20-17)14-6-4-7-15(19)12-14/h2-12,18,21H,13H2,1H3/t18-/m1/s1. The molecule has 22 heavy (non-hydrogen) atoms. The van der Waals surface area contributed by atoms with E-state index in [0.717, 1.165) is 22.8 Å². The molecule has 3 rings (SSSR count).